The predicted octanol–water partition coefficient (Wildman–Crippen LogP) is 2.33. The van der Waals surface area contributed by atoms with Gasteiger partial charge in [-0.3, -0.25) is 9.59 Å². The summed E-state index contributed by atoms with van der Waals surface area (Å²) in [4.78, 5) is 25.7. The van der Waals surface area contributed by atoms with Crippen molar-refractivity contribution in [2.24, 2.45) is 5.92 Å². The highest BCUT2D eigenvalue weighted by atomic mass is 16.2. The molecule has 110 valence electrons. The third kappa shape index (κ3) is 4.84. The van der Waals surface area contributed by atoms with Crippen molar-refractivity contribution in [2.45, 2.75) is 65.3 Å². The monoisotopic (exact) mass is 268 g/mol. The van der Waals surface area contributed by atoms with Crippen LogP contribution < -0.4 is 5.32 Å². The van der Waals surface area contributed by atoms with Crippen LogP contribution in [0.3, 0.4) is 0 Å². The predicted molar refractivity (Wildman–Crippen MR) is 76.7 cm³/mol. The lowest BCUT2D eigenvalue weighted by atomic mass is 10.1. The molecule has 1 N–H and O–H groups in total. The number of carbonyl (C=O) groups excluding carboxylic acids is 2. The van der Waals surface area contributed by atoms with Gasteiger partial charge in [-0.05, 0) is 27.2 Å². The Kier molecular flexibility index (Phi) is 5.83. The van der Waals surface area contributed by atoms with Crippen molar-refractivity contribution in [2.75, 3.05) is 13.1 Å². The quantitative estimate of drug-likeness (QED) is 0.752. The summed E-state index contributed by atoms with van der Waals surface area (Å²) in [6.45, 7) is 9.49. The van der Waals surface area contributed by atoms with Gasteiger partial charge in [0.05, 0.1) is 5.92 Å². The molecule has 0 unspecified atom stereocenters. The average molecular weight is 268 g/mol. The Bertz CT molecular complexity index is 321. The van der Waals surface area contributed by atoms with Gasteiger partial charge in [0.1, 0.15) is 0 Å². The Morgan fingerprint density at radius 3 is 2.53 bits per heavy atom. The average Bonchev–Trinajstić information content (AvgIpc) is 2.70. The summed E-state index contributed by atoms with van der Waals surface area (Å²) in [5.41, 5.74) is -0.187. The minimum atomic E-state index is -0.187. The lowest BCUT2D eigenvalue weighted by Gasteiger charge is -2.31. The maximum atomic E-state index is 12.0. The first-order valence-corrected chi connectivity index (χ1v) is 7.44. The van der Waals surface area contributed by atoms with Crippen LogP contribution in [0, 0.1) is 5.92 Å². The first kappa shape index (κ1) is 16.0. The van der Waals surface area contributed by atoms with E-state index in [1.54, 1.807) is 0 Å². The molecular formula is C15H28N2O2. The smallest absolute Gasteiger partial charge is 0.225 e. The highest BCUT2D eigenvalue weighted by Crippen LogP contribution is 2.25. The van der Waals surface area contributed by atoms with Crippen molar-refractivity contribution in [3.8, 4) is 0 Å². The second-order valence-electron chi connectivity index (χ2n) is 6.43. The number of nitrogens with zero attached hydrogens (tertiary/aromatic N) is 1. The Hall–Kier alpha value is -1.06. The maximum Gasteiger partial charge on any atom is 0.225 e. The molecule has 0 radical (unpaired) electrons. The van der Waals surface area contributed by atoms with E-state index >= 15 is 0 Å². The number of carbonyl (C=O) groups is 2. The maximum absolute atomic E-state index is 12.0. The number of hydrogen-bond acceptors (Lipinski definition) is 2. The van der Waals surface area contributed by atoms with E-state index in [0.29, 0.717) is 13.0 Å². The van der Waals surface area contributed by atoms with Crippen LogP contribution in [0.15, 0.2) is 0 Å². The van der Waals surface area contributed by atoms with Gasteiger partial charge in [0.2, 0.25) is 11.8 Å². The standard InChI is InChI=1S/C15H28N2O2/c1-5-6-7-8-9-16-14(19)12-10-13(18)17(11-12)15(2,3)4/h12H,5-11H2,1-4H3,(H,16,19)/t12-/m1/s1. The fourth-order valence-electron chi connectivity index (χ4n) is 2.44. The van der Waals surface area contributed by atoms with Gasteiger partial charge in [-0.2, -0.15) is 0 Å². The fraction of sp³-hybridized carbons (Fsp3) is 0.867. The van der Waals surface area contributed by atoms with Crippen LogP contribution >= 0.6 is 0 Å². The number of unbranched alkanes of at least 4 members (excludes halogenated alkanes) is 3. The molecule has 0 aromatic heterocycles. The number of likely N-dealkylation sites (tertiary alicyclic amines) is 1. The van der Waals surface area contributed by atoms with E-state index in [9.17, 15) is 9.59 Å². The van der Waals surface area contributed by atoms with E-state index in [1.165, 1.54) is 12.8 Å². The molecule has 19 heavy (non-hydrogen) atoms. The van der Waals surface area contributed by atoms with E-state index in [2.05, 4.69) is 12.2 Å². The molecule has 4 heteroatoms. The second-order valence-corrected chi connectivity index (χ2v) is 6.43. The summed E-state index contributed by atoms with van der Waals surface area (Å²) < 4.78 is 0. The second kappa shape index (κ2) is 6.92. The number of amides is 2. The minimum absolute atomic E-state index is 0.0385. The van der Waals surface area contributed by atoms with Crippen molar-refractivity contribution in [3.05, 3.63) is 0 Å². The van der Waals surface area contributed by atoms with Crippen molar-refractivity contribution in [3.63, 3.8) is 0 Å². The first-order valence-electron chi connectivity index (χ1n) is 7.44. The van der Waals surface area contributed by atoms with Gasteiger partial charge >= 0.3 is 0 Å². The van der Waals surface area contributed by atoms with E-state index in [4.69, 9.17) is 0 Å². The molecule has 1 atom stereocenters. The molecule has 0 aromatic rings. The molecule has 1 saturated heterocycles. The normalized spacial score (nSPS) is 19.9. The molecule has 2 amide bonds. The van der Waals surface area contributed by atoms with Crippen molar-refractivity contribution >= 4 is 11.8 Å². The molecule has 0 bridgehead atoms. The zero-order chi connectivity index (χ0) is 14.5. The van der Waals surface area contributed by atoms with Gasteiger partial charge in [0, 0.05) is 25.0 Å². The summed E-state index contributed by atoms with van der Waals surface area (Å²) in [7, 11) is 0. The Labute approximate surface area is 116 Å². The Morgan fingerprint density at radius 2 is 2.00 bits per heavy atom. The van der Waals surface area contributed by atoms with Gasteiger partial charge in [0.15, 0.2) is 0 Å². The largest absolute Gasteiger partial charge is 0.356 e. The summed E-state index contributed by atoms with van der Waals surface area (Å²) >= 11 is 0. The third-order valence-electron chi connectivity index (χ3n) is 3.64. The van der Waals surface area contributed by atoms with Crippen molar-refractivity contribution in [1.82, 2.24) is 10.2 Å². The molecule has 1 aliphatic heterocycles. The van der Waals surface area contributed by atoms with Crippen LogP contribution in [0.1, 0.15) is 59.8 Å². The molecular weight excluding hydrogens is 240 g/mol. The van der Waals surface area contributed by atoms with Crippen molar-refractivity contribution < 1.29 is 9.59 Å². The van der Waals surface area contributed by atoms with Gasteiger partial charge in [-0.25, -0.2) is 0 Å². The fourth-order valence-corrected chi connectivity index (χ4v) is 2.44. The van der Waals surface area contributed by atoms with Crippen LogP contribution in [0.2, 0.25) is 0 Å². The number of hydrogen-bond donors (Lipinski definition) is 1. The lowest BCUT2D eigenvalue weighted by Crippen LogP contribution is -2.43. The number of rotatable bonds is 6. The molecule has 1 heterocycles. The highest BCUT2D eigenvalue weighted by Gasteiger charge is 2.39. The third-order valence-corrected chi connectivity index (χ3v) is 3.64. The van der Waals surface area contributed by atoms with Gasteiger partial charge in [-0.15, -0.1) is 0 Å². The summed E-state index contributed by atoms with van der Waals surface area (Å²) in [6, 6.07) is 0. The van der Waals surface area contributed by atoms with E-state index in [0.717, 1.165) is 19.4 Å². The molecule has 1 aliphatic rings. The molecule has 4 nitrogen and oxygen atoms in total. The molecule has 1 rings (SSSR count). The van der Waals surface area contributed by atoms with Crippen LogP contribution in [0.5, 0.6) is 0 Å². The summed E-state index contributed by atoms with van der Waals surface area (Å²) in [5.74, 6) is -0.0341. The van der Waals surface area contributed by atoms with E-state index in [-0.39, 0.29) is 23.3 Å². The zero-order valence-electron chi connectivity index (χ0n) is 12.8. The summed E-state index contributed by atoms with van der Waals surface area (Å²) in [5, 5.41) is 2.96. The molecule has 0 aromatic carbocycles. The Morgan fingerprint density at radius 1 is 1.32 bits per heavy atom. The van der Waals surface area contributed by atoms with Gasteiger partial charge in [0.25, 0.3) is 0 Å². The lowest BCUT2D eigenvalue weighted by molar-refractivity contribution is -0.132. The summed E-state index contributed by atoms with van der Waals surface area (Å²) in [6.07, 6.45) is 4.97. The van der Waals surface area contributed by atoms with Crippen LogP contribution in [-0.4, -0.2) is 35.3 Å². The first-order chi connectivity index (χ1) is 8.86. The van der Waals surface area contributed by atoms with Crippen molar-refractivity contribution in [1.29, 1.82) is 0 Å². The SMILES string of the molecule is CCCCCCNC(=O)[C@@H]1CC(=O)N(C(C)(C)C)C1. The van der Waals surface area contributed by atoms with E-state index in [1.807, 2.05) is 25.7 Å². The minimum Gasteiger partial charge on any atom is -0.356 e. The molecule has 0 spiro atoms. The molecule has 1 fully saturated rings. The number of nitrogens with one attached hydrogen (secondary N) is 1. The van der Waals surface area contributed by atoms with Crippen LogP contribution in [0.4, 0.5) is 0 Å². The van der Waals surface area contributed by atoms with E-state index < -0.39 is 0 Å². The molecule has 0 saturated carbocycles. The molecule has 0 aliphatic carbocycles. The van der Waals surface area contributed by atoms with Gasteiger partial charge < -0.3 is 10.2 Å². The van der Waals surface area contributed by atoms with Crippen LogP contribution in [0.25, 0.3) is 0 Å². The van der Waals surface area contributed by atoms with Gasteiger partial charge in [-0.1, -0.05) is 26.2 Å². The zero-order valence-corrected chi connectivity index (χ0v) is 12.8. The van der Waals surface area contributed by atoms with Crippen LogP contribution in [-0.2, 0) is 9.59 Å². The highest BCUT2D eigenvalue weighted by molar-refractivity contribution is 5.89. The topological polar surface area (TPSA) is 49.4 Å². The Balaban J connectivity index is 2.33.